The molecule has 1 rings (SSSR count). The molecule has 0 aliphatic rings. The predicted molar refractivity (Wildman–Crippen MR) is 55.7 cm³/mol. The van der Waals surface area contributed by atoms with Crippen molar-refractivity contribution < 1.29 is 4.21 Å². The number of aryl methyl sites for hydroxylation is 3. The minimum Gasteiger partial charge on any atom is -0.249 e. The Morgan fingerprint density at radius 2 is 1.54 bits per heavy atom. The van der Waals surface area contributed by atoms with Gasteiger partial charge in [-0.2, -0.15) is 0 Å². The number of hydrogen-bond donors (Lipinski definition) is 1. The quantitative estimate of drug-likeness (QED) is 0.738. The van der Waals surface area contributed by atoms with Crippen molar-refractivity contribution in [2.24, 2.45) is 0 Å². The summed E-state index contributed by atoms with van der Waals surface area (Å²) in [5.74, 6) is 0. The molecule has 0 heterocycles. The lowest BCUT2D eigenvalue weighted by atomic mass is 10.1. The lowest BCUT2D eigenvalue weighted by Gasteiger charge is -2.10. The van der Waals surface area contributed by atoms with Gasteiger partial charge in [-0.25, -0.2) is 8.99 Å². The summed E-state index contributed by atoms with van der Waals surface area (Å²) in [6, 6.07) is 3.94. The molecule has 0 amide bonds. The summed E-state index contributed by atoms with van der Waals surface area (Å²) in [7, 11) is -2.58. The molecule has 72 valence electrons. The van der Waals surface area contributed by atoms with Crippen LogP contribution in [0.1, 0.15) is 16.7 Å². The third-order valence-electron chi connectivity index (χ3n) is 1.99. The molecule has 13 heavy (non-hydrogen) atoms. The van der Waals surface area contributed by atoms with Crippen LogP contribution in [0.25, 0.3) is 0 Å². The maximum absolute atomic E-state index is 11.6. The van der Waals surface area contributed by atoms with Crippen molar-refractivity contribution in [2.75, 3.05) is 6.26 Å². The zero-order valence-electron chi connectivity index (χ0n) is 8.47. The molecule has 0 saturated carbocycles. The topological polar surface area (TPSA) is 40.9 Å². The summed E-state index contributed by atoms with van der Waals surface area (Å²) >= 11 is 0. The highest BCUT2D eigenvalue weighted by Gasteiger charge is 2.10. The average Bonchev–Trinajstić information content (AvgIpc) is 1.78. The Hall–Kier alpha value is -0.830. The van der Waals surface area contributed by atoms with Crippen LogP contribution in [0.5, 0.6) is 0 Å². The van der Waals surface area contributed by atoms with Gasteiger partial charge in [0, 0.05) is 6.26 Å². The molecule has 0 aliphatic carbocycles. The second-order valence-corrected chi connectivity index (χ2v) is 5.67. The van der Waals surface area contributed by atoms with E-state index in [0.29, 0.717) is 4.90 Å². The van der Waals surface area contributed by atoms with Crippen molar-refractivity contribution >= 4 is 9.73 Å². The number of nitrogens with one attached hydrogen (secondary N) is 1. The zero-order valence-corrected chi connectivity index (χ0v) is 9.29. The first-order valence-corrected chi connectivity index (χ1v) is 6.10. The second-order valence-electron chi connectivity index (χ2n) is 3.57. The first kappa shape index (κ1) is 10.3. The fourth-order valence-corrected chi connectivity index (χ4v) is 3.13. The fraction of sp³-hybridized carbons (Fsp3) is 0.400. The molecular formula is C10H15NOS. The van der Waals surface area contributed by atoms with Crippen LogP contribution in [0.3, 0.4) is 0 Å². The minimum atomic E-state index is -2.58. The van der Waals surface area contributed by atoms with Gasteiger partial charge >= 0.3 is 0 Å². The van der Waals surface area contributed by atoms with Gasteiger partial charge < -0.3 is 0 Å². The summed E-state index contributed by atoms with van der Waals surface area (Å²) in [4.78, 5) is 0.693. The Morgan fingerprint density at radius 3 is 1.85 bits per heavy atom. The lowest BCUT2D eigenvalue weighted by Crippen LogP contribution is -2.01. The smallest absolute Gasteiger partial charge is 0.0702 e. The summed E-state index contributed by atoms with van der Waals surface area (Å²) in [5, 5.41) is 0. The van der Waals surface area contributed by atoms with E-state index >= 15 is 0 Å². The van der Waals surface area contributed by atoms with Crippen LogP contribution >= 0.6 is 0 Å². The largest absolute Gasteiger partial charge is 0.249 e. The number of benzene rings is 1. The molecule has 0 fully saturated rings. The normalized spacial score (nSPS) is 15.4. The van der Waals surface area contributed by atoms with Gasteiger partial charge in [0.05, 0.1) is 14.6 Å². The number of hydrogen-bond acceptors (Lipinski definition) is 2. The predicted octanol–water partition coefficient (Wildman–Crippen LogP) is 2.65. The van der Waals surface area contributed by atoms with Crippen LogP contribution in [0, 0.1) is 25.6 Å². The minimum absolute atomic E-state index is 0.693. The van der Waals surface area contributed by atoms with E-state index in [1.54, 1.807) is 0 Å². The second kappa shape index (κ2) is 3.14. The molecule has 3 heteroatoms. The fourth-order valence-electron chi connectivity index (χ4n) is 1.78. The lowest BCUT2D eigenvalue weighted by molar-refractivity contribution is 0.678. The Kier molecular flexibility index (Phi) is 2.48. The van der Waals surface area contributed by atoms with E-state index in [-0.39, 0.29) is 0 Å². The van der Waals surface area contributed by atoms with Crippen molar-refractivity contribution in [3.63, 3.8) is 0 Å². The summed E-state index contributed by atoms with van der Waals surface area (Å²) in [5.41, 5.74) is 3.07. The molecule has 0 aromatic heterocycles. The van der Waals surface area contributed by atoms with E-state index in [4.69, 9.17) is 4.78 Å². The maximum Gasteiger partial charge on any atom is 0.0702 e. The zero-order chi connectivity index (χ0) is 10.2. The molecule has 0 radical (unpaired) electrons. The number of rotatable bonds is 1. The Balaban J connectivity index is 3.57. The van der Waals surface area contributed by atoms with E-state index in [1.807, 2.05) is 32.9 Å². The van der Waals surface area contributed by atoms with Crippen LogP contribution in [0.15, 0.2) is 17.0 Å². The molecular weight excluding hydrogens is 182 g/mol. The summed E-state index contributed by atoms with van der Waals surface area (Å²) in [6.45, 7) is 5.82. The van der Waals surface area contributed by atoms with E-state index < -0.39 is 9.73 Å². The van der Waals surface area contributed by atoms with Crippen LogP contribution < -0.4 is 0 Å². The molecule has 1 aromatic rings. The standard InChI is InChI=1S/C10H15NOS/c1-7-5-8(2)10(9(3)6-7)13(4,11)12/h5-6,11H,1-4H3. The Bertz CT molecular complexity index is 409. The first-order valence-electron chi connectivity index (χ1n) is 4.14. The molecule has 0 aliphatic heterocycles. The highest BCUT2D eigenvalue weighted by atomic mass is 32.2. The van der Waals surface area contributed by atoms with Crippen molar-refractivity contribution in [1.82, 2.24) is 0 Å². The molecule has 1 aromatic carbocycles. The van der Waals surface area contributed by atoms with Gasteiger partial charge in [-0.15, -0.1) is 0 Å². The van der Waals surface area contributed by atoms with Crippen molar-refractivity contribution in [3.8, 4) is 0 Å². The molecule has 1 unspecified atom stereocenters. The third kappa shape index (κ3) is 2.10. The SMILES string of the molecule is Cc1cc(C)c(S(C)(=N)=O)c(C)c1. The van der Waals surface area contributed by atoms with E-state index in [0.717, 1.165) is 16.7 Å². The van der Waals surface area contributed by atoms with Gasteiger partial charge in [0.1, 0.15) is 0 Å². The molecule has 0 bridgehead atoms. The third-order valence-corrected chi connectivity index (χ3v) is 3.42. The molecule has 0 spiro atoms. The van der Waals surface area contributed by atoms with E-state index in [2.05, 4.69) is 0 Å². The first-order chi connectivity index (χ1) is 5.82. The van der Waals surface area contributed by atoms with Crippen LogP contribution in [0.4, 0.5) is 0 Å². The molecule has 2 nitrogen and oxygen atoms in total. The Morgan fingerprint density at radius 1 is 1.15 bits per heavy atom. The highest BCUT2D eigenvalue weighted by molar-refractivity contribution is 7.91. The van der Waals surface area contributed by atoms with Crippen LogP contribution in [-0.2, 0) is 9.73 Å². The van der Waals surface area contributed by atoms with Crippen LogP contribution in [-0.4, -0.2) is 10.5 Å². The van der Waals surface area contributed by atoms with Gasteiger partial charge in [0.2, 0.25) is 0 Å². The van der Waals surface area contributed by atoms with E-state index in [9.17, 15) is 4.21 Å². The molecule has 1 N–H and O–H groups in total. The van der Waals surface area contributed by atoms with Gasteiger partial charge in [-0.05, 0) is 31.9 Å². The Labute approximate surface area is 80.0 Å². The summed E-state index contributed by atoms with van der Waals surface area (Å²) < 4.78 is 19.2. The van der Waals surface area contributed by atoms with Crippen molar-refractivity contribution in [2.45, 2.75) is 25.7 Å². The maximum atomic E-state index is 11.6. The van der Waals surface area contributed by atoms with Gasteiger partial charge in [-0.1, -0.05) is 17.7 Å². The van der Waals surface area contributed by atoms with E-state index in [1.165, 1.54) is 6.26 Å². The highest BCUT2D eigenvalue weighted by Crippen LogP contribution is 2.21. The van der Waals surface area contributed by atoms with Crippen molar-refractivity contribution in [1.29, 1.82) is 4.78 Å². The summed E-state index contributed by atoms with van der Waals surface area (Å²) in [6.07, 6.45) is 1.47. The van der Waals surface area contributed by atoms with Crippen molar-refractivity contribution in [3.05, 3.63) is 28.8 Å². The van der Waals surface area contributed by atoms with Gasteiger partial charge in [0.25, 0.3) is 0 Å². The van der Waals surface area contributed by atoms with Gasteiger partial charge in [0.15, 0.2) is 0 Å². The van der Waals surface area contributed by atoms with Crippen LogP contribution in [0.2, 0.25) is 0 Å². The monoisotopic (exact) mass is 197 g/mol. The van der Waals surface area contributed by atoms with Gasteiger partial charge in [-0.3, -0.25) is 0 Å². The average molecular weight is 197 g/mol. The molecule has 1 atom stereocenters. The molecule has 0 saturated heterocycles.